The highest BCUT2D eigenvalue weighted by atomic mass is 19.1. The zero-order chi connectivity index (χ0) is 21.5. The minimum Gasteiger partial charge on any atom is -0.357 e. The van der Waals surface area contributed by atoms with Gasteiger partial charge in [-0.2, -0.15) is 0 Å². The van der Waals surface area contributed by atoms with Crippen LogP contribution in [0, 0.1) is 11.7 Å². The normalized spacial score (nSPS) is 15.0. The fourth-order valence-corrected chi connectivity index (χ4v) is 3.08. The molecule has 1 aromatic heterocycles. The van der Waals surface area contributed by atoms with Crippen molar-refractivity contribution in [3.8, 4) is 0 Å². The number of benzene rings is 1. The van der Waals surface area contributed by atoms with Gasteiger partial charge in [-0.15, -0.1) is 0 Å². The van der Waals surface area contributed by atoms with E-state index in [1.807, 2.05) is 0 Å². The van der Waals surface area contributed by atoms with Crippen molar-refractivity contribution < 1.29 is 18.8 Å². The first kappa shape index (κ1) is 21.4. The van der Waals surface area contributed by atoms with Gasteiger partial charge >= 0.3 is 0 Å². The van der Waals surface area contributed by atoms with E-state index in [0.29, 0.717) is 17.9 Å². The molecule has 30 heavy (non-hydrogen) atoms. The van der Waals surface area contributed by atoms with E-state index in [9.17, 15) is 18.8 Å². The molecule has 0 unspecified atom stereocenters. The van der Waals surface area contributed by atoms with E-state index in [-0.39, 0.29) is 18.0 Å². The smallest absolute Gasteiger partial charge is 0.272 e. The third-order valence-corrected chi connectivity index (χ3v) is 4.92. The Morgan fingerprint density at radius 2 is 1.80 bits per heavy atom. The van der Waals surface area contributed by atoms with Crippen molar-refractivity contribution in [2.45, 2.75) is 37.8 Å². The third-order valence-electron chi connectivity index (χ3n) is 4.92. The summed E-state index contributed by atoms with van der Waals surface area (Å²) in [6.07, 6.45) is 6.85. The maximum Gasteiger partial charge on any atom is 0.272 e. The van der Waals surface area contributed by atoms with Crippen molar-refractivity contribution in [3.05, 3.63) is 59.9 Å². The van der Waals surface area contributed by atoms with E-state index < -0.39 is 29.7 Å². The van der Waals surface area contributed by atoms with Crippen LogP contribution in [0.2, 0.25) is 0 Å². The maximum absolute atomic E-state index is 13.2. The number of aromatic nitrogens is 2. The fourth-order valence-electron chi connectivity index (χ4n) is 3.08. The van der Waals surface area contributed by atoms with E-state index in [4.69, 9.17) is 0 Å². The molecule has 158 valence electrons. The van der Waals surface area contributed by atoms with Crippen LogP contribution in [0.1, 0.15) is 35.3 Å². The molecule has 3 N–H and O–H groups in total. The molecular weight excluding hydrogens is 389 g/mol. The van der Waals surface area contributed by atoms with Crippen LogP contribution in [0.25, 0.3) is 0 Å². The van der Waals surface area contributed by atoms with Crippen LogP contribution in [-0.4, -0.2) is 46.8 Å². The largest absolute Gasteiger partial charge is 0.357 e. The first-order valence-electron chi connectivity index (χ1n) is 9.79. The number of nitrogens with zero attached hydrogens (tertiary/aromatic N) is 2. The van der Waals surface area contributed by atoms with Gasteiger partial charge in [0.2, 0.25) is 11.8 Å². The Hall–Kier alpha value is -3.36. The topological polar surface area (TPSA) is 113 Å². The van der Waals surface area contributed by atoms with Crippen LogP contribution in [0.15, 0.2) is 42.9 Å². The summed E-state index contributed by atoms with van der Waals surface area (Å²) < 4.78 is 13.2. The van der Waals surface area contributed by atoms with Gasteiger partial charge in [0.25, 0.3) is 5.91 Å². The van der Waals surface area contributed by atoms with Crippen LogP contribution in [-0.2, 0) is 16.0 Å². The van der Waals surface area contributed by atoms with E-state index >= 15 is 0 Å². The Bertz CT molecular complexity index is 887. The quantitative estimate of drug-likeness (QED) is 0.567. The summed E-state index contributed by atoms with van der Waals surface area (Å²) in [4.78, 5) is 45.5. The molecule has 2 atom stereocenters. The Morgan fingerprint density at radius 1 is 1.07 bits per heavy atom. The number of rotatable bonds is 9. The lowest BCUT2D eigenvalue weighted by Crippen LogP contribution is -2.54. The van der Waals surface area contributed by atoms with Crippen molar-refractivity contribution in [2.24, 2.45) is 5.92 Å². The lowest BCUT2D eigenvalue weighted by atomic mass is 10.0. The molecule has 1 aromatic carbocycles. The molecule has 2 aromatic rings. The SMILES string of the molecule is CNC(=O)[C@H](CC1CC1)NC(=O)[C@H](Cc1ccc(F)cc1)NC(=O)c1cnccn1. The van der Waals surface area contributed by atoms with Crippen molar-refractivity contribution in [1.82, 2.24) is 25.9 Å². The van der Waals surface area contributed by atoms with Crippen molar-refractivity contribution in [3.63, 3.8) is 0 Å². The third kappa shape index (κ3) is 6.07. The summed E-state index contributed by atoms with van der Waals surface area (Å²) in [6, 6.07) is 4.01. The van der Waals surface area contributed by atoms with Gasteiger partial charge in [0.05, 0.1) is 6.20 Å². The molecule has 3 rings (SSSR count). The second kappa shape index (κ2) is 9.91. The Labute approximate surface area is 173 Å². The lowest BCUT2D eigenvalue weighted by Gasteiger charge is -2.23. The molecule has 0 aliphatic heterocycles. The predicted octanol–water partition coefficient (Wildman–Crippen LogP) is 0.988. The lowest BCUT2D eigenvalue weighted by molar-refractivity contribution is -0.129. The molecule has 0 saturated heterocycles. The molecule has 1 aliphatic rings. The van der Waals surface area contributed by atoms with Crippen LogP contribution in [0.4, 0.5) is 4.39 Å². The van der Waals surface area contributed by atoms with Gasteiger partial charge < -0.3 is 16.0 Å². The van der Waals surface area contributed by atoms with Crippen LogP contribution in [0.5, 0.6) is 0 Å². The van der Waals surface area contributed by atoms with Crippen LogP contribution < -0.4 is 16.0 Å². The summed E-state index contributed by atoms with van der Waals surface area (Å²) in [5.74, 6) is -1.32. The van der Waals surface area contributed by atoms with E-state index in [1.165, 1.54) is 37.8 Å². The molecule has 1 saturated carbocycles. The zero-order valence-corrected chi connectivity index (χ0v) is 16.6. The van der Waals surface area contributed by atoms with Gasteiger partial charge in [-0.3, -0.25) is 19.4 Å². The second-order valence-corrected chi connectivity index (χ2v) is 7.30. The average Bonchev–Trinajstić information content (AvgIpc) is 3.58. The molecule has 3 amide bonds. The molecule has 1 heterocycles. The molecule has 0 spiro atoms. The minimum absolute atomic E-state index is 0.0650. The number of carbonyl (C=O) groups excluding carboxylic acids is 3. The van der Waals surface area contributed by atoms with E-state index in [1.54, 1.807) is 12.1 Å². The minimum atomic E-state index is -0.976. The number of hydrogen-bond donors (Lipinski definition) is 3. The predicted molar refractivity (Wildman–Crippen MR) is 107 cm³/mol. The first-order valence-corrected chi connectivity index (χ1v) is 9.79. The second-order valence-electron chi connectivity index (χ2n) is 7.30. The average molecular weight is 413 g/mol. The summed E-state index contributed by atoms with van der Waals surface area (Å²) >= 11 is 0. The number of hydrogen-bond acceptors (Lipinski definition) is 5. The molecule has 0 bridgehead atoms. The van der Waals surface area contributed by atoms with Gasteiger partial charge in [0.15, 0.2) is 0 Å². The van der Waals surface area contributed by atoms with Gasteiger partial charge in [-0.1, -0.05) is 25.0 Å². The van der Waals surface area contributed by atoms with Crippen molar-refractivity contribution >= 4 is 17.7 Å². The summed E-state index contributed by atoms with van der Waals surface area (Å²) in [5.41, 5.74) is 0.727. The molecule has 8 nitrogen and oxygen atoms in total. The van der Waals surface area contributed by atoms with Crippen LogP contribution >= 0.6 is 0 Å². The number of halogens is 1. The summed E-state index contributed by atoms with van der Waals surface area (Å²) in [6.45, 7) is 0. The highest BCUT2D eigenvalue weighted by Gasteiger charge is 2.32. The number of likely N-dealkylation sites (N-methyl/N-ethyl adjacent to an activating group) is 1. The zero-order valence-electron chi connectivity index (χ0n) is 16.6. The Balaban J connectivity index is 1.75. The Morgan fingerprint density at radius 3 is 2.40 bits per heavy atom. The van der Waals surface area contributed by atoms with Gasteiger partial charge in [-0.25, -0.2) is 9.37 Å². The molecule has 0 radical (unpaired) electrons. The monoisotopic (exact) mass is 413 g/mol. The van der Waals surface area contributed by atoms with Gasteiger partial charge in [0, 0.05) is 25.9 Å². The van der Waals surface area contributed by atoms with Crippen molar-refractivity contribution in [2.75, 3.05) is 7.05 Å². The molecular formula is C21H24FN5O3. The van der Waals surface area contributed by atoms with E-state index in [2.05, 4.69) is 25.9 Å². The number of nitrogens with one attached hydrogen (secondary N) is 3. The highest BCUT2D eigenvalue weighted by molar-refractivity contribution is 5.97. The first-order chi connectivity index (χ1) is 14.5. The molecule has 9 heteroatoms. The van der Waals surface area contributed by atoms with Gasteiger partial charge in [-0.05, 0) is 30.0 Å². The molecule has 1 aliphatic carbocycles. The number of carbonyl (C=O) groups is 3. The summed E-state index contributed by atoms with van der Waals surface area (Å²) in [5, 5.41) is 7.96. The maximum atomic E-state index is 13.2. The number of amides is 3. The Kier molecular flexibility index (Phi) is 7.05. The highest BCUT2D eigenvalue weighted by Crippen LogP contribution is 2.33. The molecule has 1 fully saturated rings. The summed E-state index contributed by atoms with van der Waals surface area (Å²) in [7, 11) is 1.51. The van der Waals surface area contributed by atoms with Crippen LogP contribution in [0.3, 0.4) is 0 Å². The fraction of sp³-hybridized carbons (Fsp3) is 0.381. The van der Waals surface area contributed by atoms with Crippen molar-refractivity contribution in [1.29, 1.82) is 0 Å². The van der Waals surface area contributed by atoms with Gasteiger partial charge in [0.1, 0.15) is 23.6 Å². The standard InChI is InChI=1S/C21H24FN5O3/c1-23-19(28)16(10-13-2-3-13)26-20(29)17(11-14-4-6-15(22)7-5-14)27-21(30)18-12-24-8-9-25-18/h4-9,12-13,16-17H,2-3,10-11H2,1H3,(H,23,28)(H,26,29)(H,27,30)/t16-,17-/m0/s1. The van der Waals surface area contributed by atoms with E-state index in [0.717, 1.165) is 12.8 Å².